The second kappa shape index (κ2) is 8.10. The van der Waals surface area contributed by atoms with Gasteiger partial charge in [0.1, 0.15) is 0 Å². The van der Waals surface area contributed by atoms with Crippen LogP contribution in [0.5, 0.6) is 0 Å². The molecule has 1 fully saturated rings. The van der Waals surface area contributed by atoms with E-state index in [0.717, 1.165) is 17.9 Å². The fourth-order valence-corrected chi connectivity index (χ4v) is 2.85. The predicted octanol–water partition coefficient (Wildman–Crippen LogP) is 3.13. The molecule has 1 N–H and O–H groups in total. The fraction of sp³-hybridized carbons (Fsp3) is 1.00. The third-order valence-corrected chi connectivity index (χ3v) is 3.83. The molecule has 0 aliphatic heterocycles. The van der Waals surface area contributed by atoms with Gasteiger partial charge >= 0.3 is 0 Å². The normalized spacial score (nSPS) is 24.4. The Morgan fingerprint density at radius 1 is 1.12 bits per heavy atom. The summed E-state index contributed by atoms with van der Waals surface area (Å²) >= 11 is 0. The summed E-state index contributed by atoms with van der Waals surface area (Å²) in [7, 11) is 0. The lowest BCUT2D eigenvalue weighted by molar-refractivity contribution is 0.0613. The average molecular weight is 240 g/mol. The highest BCUT2D eigenvalue weighted by atomic mass is 15.2. The van der Waals surface area contributed by atoms with Crippen LogP contribution in [-0.4, -0.2) is 37.1 Å². The van der Waals surface area contributed by atoms with Gasteiger partial charge in [0.2, 0.25) is 0 Å². The second-order valence-corrected chi connectivity index (χ2v) is 5.99. The maximum absolute atomic E-state index is 3.63. The number of nitrogens with zero attached hydrogens (tertiary/aromatic N) is 1. The Bertz CT molecular complexity index is 185. The maximum Gasteiger partial charge on any atom is 0.0136 e. The van der Waals surface area contributed by atoms with Gasteiger partial charge in [-0.1, -0.05) is 27.7 Å². The summed E-state index contributed by atoms with van der Waals surface area (Å²) in [6.07, 6.45) is 5.44. The first-order valence-electron chi connectivity index (χ1n) is 7.63. The van der Waals surface area contributed by atoms with Crippen molar-refractivity contribution >= 4 is 0 Å². The van der Waals surface area contributed by atoms with E-state index in [2.05, 4.69) is 37.9 Å². The first kappa shape index (κ1) is 15.0. The van der Waals surface area contributed by atoms with Crippen molar-refractivity contribution in [3.05, 3.63) is 0 Å². The van der Waals surface area contributed by atoms with Gasteiger partial charge in [-0.05, 0) is 63.7 Å². The van der Waals surface area contributed by atoms with Crippen molar-refractivity contribution in [2.75, 3.05) is 26.2 Å². The lowest BCUT2D eigenvalue weighted by atomic mass is 9.78. The molecule has 17 heavy (non-hydrogen) atoms. The number of hydrogen-bond acceptors (Lipinski definition) is 2. The van der Waals surface area contributed by atoms with Gasteiger partial charge < -0.3 is 10.2 Å². The Kier molecular flexibility index (Phi) is 7.14. The maximum atomic E-state index is 3.63. The van der Waals surface area contributed by atoms with Crippen LogP contribution < -0.4 is 5.32 Å². The highest BCUT2D eigenvalue weighted by molar-refractivity contribution is 4.89. The molecule has 1 rings (SSSR count). The van der Waals surface area contributed by atoms with Crippen LogP contribution in [0.25, 0.3) is 0 Å². The molecule has 0 aromatic heterocycles. The molecule has 0 aromatic carbocycles. The van der Waals surface area contributed by atoms with Crippen molar-refractivity contribution < 1.29 is 0 Å². The first-order chi connectivity index (χ1) is 8.19. The smallest absolute Gasteiger partial charge is 0.0136 e. The quantitative estimate of drug-likeness (QED) is 0.666. The van der Waals surface area contributed by atoms with Crippen molar-refractivity contribution in [3.8, 4) is 0 Å². The summed E-state index contributed by atoms with van der Waals surface area (Å²) < 4.78 is 0. The fourth-order valence-electron chi connectivity index (χ4n) is 2.85. The highest BCUT2D eigenvalue weighted by Crippen LogP contribution is 2.31. The number of nitrogens with one attached hydrogen (secondary N) is 1. The van der Waals surface area contributed by atoms with Gasteiger partial charge in [-0.2, -0.15) is 0 Å². The van der Waals surface area contributed by atoms with Crippen LogP contribution >= 0.6 is 0 Å². The summed E-state index contributed by atoms with van der Waals surface area (Å²) in [5.74, 6) is 1.68. The molecular formula is C15H32N2. The molecule has 0 spiro atoms. The summed E-state index contributed by atoms with van der Waals surface area (Å²) in [5.41, 5.74) is 0. The zero-order valence-electron chi connectivity index (χ0n) is 12.3. The minimum atomic E-state index is 0.774. The minimum absolute atomic E-state index is 0.774. The molecule has 102 valence electrons. The van der Waals surface area contributed by atoms with Crippen LogP contribution in [-0.2, 0) is 0 Å². The third-order valence-electron chi connectivity index (χ3n) is 3.83. The molecule has 1 saturated carbocycles. The van der Waals surface area contributed by atoms with Gasteiger partial charge in [0, 0.05) is 6.04 Å². The Balaban J connectivity index is 2.27. The highest BCUT2D eigenvalue weighted by Gasteiger charge is 2.34. The predicted molar refractivity (Wildman–Crippen MR) is 76.4 cm³/mol. The van der Waals surface area contributed by atoms with Crippen LogP contribution in [0.3, 0.4) is 0 Å². The molecule has 2 unspecified atom stereocenters. The topological polar surface area (TPSA) is 15.3 Å². The summed E-state index contributed by atoms with van der Waals surface area (Å²) in [6, 6.07) is 0.870. The van der Waals surface area contributed by atoms with Gasteiger partial charge in [-0.25, -0.2) is 0 Å². The van der Waals surface area contributed by atoms with E-state index in [1.54, 1.807) is 0 Å². The second-order valence-electron chi connectivity index (χ2n) is 5.99. The Hall–Kier alpha value is -0.0800. The molecule has 2 nitrogen and oxygen atoms in total. The number of rotatable bonds is 9. The van der Waals surface area contributed by atoms with Gasteiger partial charge in [0.25, 0.3) is 0 Å². The zero-order valence-corrected chi connectivity index (χ0v) is 12.3. The standard InChI is InChI=1S/C15H32N2/c1-5-9-17(10-6-2)15-8-7-14(15)12-16-11-13(3)4/h13-16H,5-12H2,1-4H3. The number of hydrogen-bond donors (Lipinski definition) is 1. The van der Waals surface area contributed by atoms with E-state index in [-0.39, 0.29) is 0 Å². The van der Waals surface area contributed by atoms with Crippen molar-refractivity contribution in [3.63, 3.8) is 0 Å². The lowest BCUT2D eigenvalue weighted by Crippen LogP contribution is -2.51. The first-order valence-corrected chi connectivity index (χ1v) is 7.63. The minimum Gasteiger partial charge on any atom is -0.316 e. The van der Waals surface area contributed by atoms with Crippen LogP contribution in [0.2, 0.25) is 0 Å². The van der Waals surface area contributed by atoms with Crippen molar-refractivity contribution in [2.24, 2.45) is 11.8 Å². The lowest BCUT2D eigenvalue weighted by Gasteiger charge is -2.44. The van der Waals surface area contributed by atoms with Gasteiger partial charge in [-0.15, -0.1) is 0 Å². The van der Waals surface area contributed by atoms with E-state index in [0.29, 0.717) is 0 Å². The zero-order chi connectivity index (χ0) is 12.7. The summed E-state index contributed by atoms with van der Waals surface area (Å²) in [4.78, 5) is 2.73. The average Bonchev–Trinajstić information content (AvgIpc) is 2.23. The molecule has 1 aliphatic carbocycles. The van der Waals surface area contributed by atoms with Crippen LogP contribution in [0.4, 0.5) is 0 Å². The van der Waals surface area contributed by atoms with Crippen LogP contribution in [0, 0.1) is 11.8 Å². The van der Waals surface area contributed by atoms with Crippen molar-refractivity contribution in [1.82, 2.24) is 10.2 Å². The van der Waals surface area contributed by atoms with Gasteiger partial charge in [0.05, 0.1) is 0 Å². The molecular weight excluding hydrogens is 208 g/mol. The molecule has 0 heterocycles. The summed E-state index contributed by atoms with van der Waals surface area (Å²) in [6.45, 7) is 14.1. The Labute approximate surface area is 108 Å². The Morgan fingerprint density at radius 3 is 2.18 bits per heavy atom. The molecule has 2 atom stereocenters. The molecule has 0 saturated heterocycles. The van der Waals surface area contributed by atoms with E-state index >= 15 is 0 Å². The SMILES string of the molecule is CCCN(CCC)C1CCC1CNCC(C)C. The van der Waals surface area contributed by atoms with E-state index in [1.807, 2.05) is 0 Å². The monoisotopic (exact) mass is 240 g/mol. The van der Waals surface area contributed by atoms with Gasteiger partial charge in [0.15, 0.2) is 0 Å². The molecule has 0 amide bonds. The van der Waals surface area contributed by atoms with Crippen molar-refractivity contribution in [1.29, 1.82) is 0 Å². The molecule has 0 bridgehead atoms. The van der Waals surface area contributed by atoms with Crippen LogP contribution in [0.1, 0.15) is 53.4 Å². The molecule has 0 radical (unpaired) electrons. The van der Waals surface area contributed by atoms with E-state index < -0.39 is 0 Å². The van der Waals surface area contributed by atoms with Crippen molar-refractivity contribution in [2.45, 2.75) is 59.4 Å². The Morgan fingerprint density at radius 2 is 1.76 bits per heavy atom. The molecule has 0 aromatic rings. The summed E-state index contributed by atoms with van der Waals surface area (Å²) in [5, 5.41) is 3.63. The van der Waals surface area contributed by atoms with Crippen LogP contribution in [0.15, 0.2) is 0 Å². The largest absolute Gasteiger partial charge is 0.316 e. The van der Waals surface area contributed by atoms with E-state index in [1.165, 1.54) is 51.9 Å². The molecule has 1 aliphatic rings. The van der Waals surface area contributed by atoms with E-state index in [4.69, 9.17) is 0 Å². The van der Waals surface area contributed by atoms with Gasteiger partial charge in [-0.3, -0.25) is 0 Å². The van der Waals surface area contributed by atoms with E-state index in [9.17, 15) is 0 Å². The third kappa shape index (κ3) is 4.97. The molecule has 2 heteroatoms.